The summed E-state index contributed by atoms with van der Waals surface area (Å²) in [6.07, 6.45) is 2.18. The summed E-state index contributed by atoms with van der Waals surface area (Å²) >= 11 is 3.34. The van der Waals surface area contributed by atoms with Crippen LogP contribution >= 0.6 is 23.3 Å². The third kappa shape index (κ3) is 3.59. The molecule has 0 atom stereocenters. The minimum Gasteiger partial charge on any atom is -0.381 e. The van der Waals surface area contributed by atoms with Gasteiger partial charge in [0.2, 0.25) is 0 Å². The molecule has 1 saturated heterocycles. The Balaban J connectivity index is 1.63. The van der Waals surface area contributed by atoms with E-state index in [0.717, 1.165) is 31.2 Å². The Morgan fingerprint density at radius 3 is 2.90 bits per heavy atom. The zero-order chi connectivity index (χ0) is 14.7. The van der Waals surface area contributed by atoms with Crippen LogP contribution in [0.4, 0.5) is 5.13 Å². The van der Waals surface area contributed by atoms with Gasteiger partial charge in [0.25, 0.3) is 0 Å². The Bertz CT molecular complexity index is 606. The molecule has 1 fully saturated rings. The summed E-state index contributed by atoms with van der Waals surface area (Å²) in [5, 5.41) is 3.17. The lowest BCUT2D eigenvalue weighted by Gasteiger charge is -2.19. The SMILES string of the molecule is Cc1cccc(SNc2nc(C3CCOCC3)cs2)c1C. The Labute approximate surface area is 134 Å². The second kappa shape index (κ2) is 6.81. The molecular weight excluding hydrogens is 300 g/mol. The molecule has 0 spiro atoms. The molecular formula is C16H20N2OS2. The Morgan fingerprint density at radius 1 is 1.29 bits per heavy atom. The minimum atomic E-state index is 0.566. The molecule has 0 amide bonds. The van der Waals surface area contributed by atoms with Gasteiger partial charge in [-0.2, -0.15) is 0 Å². The number of nitrogens with one attached hydrogen (secondary N) is 1. The van der Waals surface area contributed by atoms with E-state index in [1.807, 2.05) is 0 Å². The molecule has 0 radical (unpaired) electrons. The van der Waals surface area contributed by atoms with E-state index in [1.54, 1.807) is 23.3 Å². The predicted octanol–water partition coefficient (Wildman–Crippen LogP) is 4.77. The number of rotatable bonds is 4. The summed E-state index contributed by atoms with van der Waals surface area (Å²) in [6, 6.07) is 6.39. The smallest absolute Gasteiger partial charge is 0.193 e. The van der Waals surface area contributed by atoms with Crippen molar-refractivity contribution in [2.45, 2.75) is 37.5 Å². The molecule has 2 aromatic rings. The Kier molecular flexibility index (Phi) is 4.83. The molecule has 1 aliphatic heterocycles. The molecule has 0 aliphatic carbocycles. The number of hydrogen-bond acceptors (Lipinski definition) is 5. The van der Waals surface area contributed by atoms with Crippen LogP contribution in [0.15, 0.2) is 28.5 Å². The van der Waals surface area contributed by atoms with Gasteiger partial charge < -0.3 is 9.46 Å². The van der Waals surface area contributed by atoms with Gasteiger partial charge in [0, 0.05) is 29.4 Å². The maximum absolute atomic E-state index is 5.41. The molecule has 112 valence electrons. The first kappa shape index (κ1) is 14.9. The van der Waals surface area contributed by atoms with Crippen molar-refractivity contribution in [3.05, 3.63) is 40.4 Å². The fraction of sp³-hybridized carbons (Fsp3) is 0.438. The quantitative estimate of drug-likeness (QED) is 0.823. The van der Waals surface area contributed by atoms with Crippen molar-refractivity contribution in [3.63, 3.8) is 0 Å². The average Bonchev–Trinajstić information content (AvgIpc) is 2.99. The first-order valence-electron chi connectivity index (χ1n) is 7.26. The standard InChI is InChI=1S/C16H20N2OS2/c1-11-4-3-5-15(12(11)2)21-18-16-17-14(10-20-16)13-6-8-19-9-7-13/h3-5,10,13H,6-9H2,1-2H3,(H,17,18). The molecule has 5 heteroatoms. The van der Waals surface area contributed by atoms with E-state index in [9.17, 15) is 0 Å². The van der Waals surface area contributed by atoms with Gasteiger partial charge in [-0.1, -0.05) is 12.1 Å². The van der Waals surface area contributed by atoms with E-state index in [1.165, 1.54) is 21.7 Å². The third-order valence-corrected chi connectivity index (χ3v) is 5.83. The number of anilines is 1. The lowest BCUT2D eigenvalue weighted by molar-refractivity contribution is 0.0846. The maximum Gasteiger partial charge on any atom is 0.193 e. The number of aryl methyl sites for hydroxylation is 1. The van der Waals surface area contributed by atoms with Crippen LogP contribution in [0, 0.1) is 13.8 Å². The van der Waals surface area contributed by atoms with Crippen LogP contribution in [-0.4, -0.2) is 18.2 Å². The van der Waals surface area contributed by atoms with Crippen LogP contribution in [-0.2, 0) is 4.74 Å². The first-order valence-corrected chi connectivity index (χ1v) is 8.96. The largest absolute Gasteiger partial charge is 0.381 e. The van der Waals surface area contributed by atoms with Gasteiger partial charge in [0.15, 0.2) is 5.13 Å². The van der Waals surface area contributed by atoms with Gasteiger partial charge in [0.1, 0.15) is 0 Å². The summed E-state index contributed by atoms with van der Waals surface area (Å²) in [6.45, 7) is 6.03. The molecule has 1 N–H and O–H groups in total. The number of ether oxygens (including phenoxy) is 1. The number of nitrogens with zero attached hydrogens (tertiary/aromatic N) is 1. The molecule has 2 heterocycles. The van der Waals surface area contributed by atoms with Crippen molar-refractivity contribution >= 4 is 28.4 Å². The van der Waals surface area contributed by atoms with Crippen molar-refractivity contribution in [3.8, 4) is 0 Å². The van der Waals surface area contributed by atoms with Crippen molar-refractivity contribution in [1.82, 2.24) is 4.98 Å². The van der Waals surface area contributed by atoms with Gasteiger partial charge in [-0.15, -0.1) is 11.3 Å². The van der Waals surface area contributed by atoms with Crippen molar-refractivity contribution in [2.24, 2.45) is 0 Å². The van der Waals surface area contributed by atoms with E-state index >= 15 is 0 Å². The van der Waals surface area contributed by atoms with Gasteiger partial charge >= 0.3 is 0 Å². The molecule has 0 bridgehead atoms. The molecule has 3 rings (SSSR count). The zero-order valence-corrected chi connectivity index (χ0v) is 14.0. The molecule has 0 unspecified atom stereocenters. The highest BCUT2D eigenvalue weighted by molar-refractivity contribution is 8.00. The highest BCUT2D eigenvalue weighted by Crippen LogP contribution is 2.32. The molecule has 0 saturated carbocycles. The summed E-state index contributed by atoms with van der Waals surface area (Å²) in [5.41, 5.74) is 3.87. The van der Waals surface area contributed by atoms with Crippen LogP contribution in [0.2, 0.25) is 0 Å². The van der Waals surface area contributed by atoms with Gasteiger partial charge in [-0.05, 0) is 55.8 Å². The highest BCUT2D eigenvalue weighted by Gasteiger charge is 2.18. The summed E-state index contributed by atoms with van der Waals surface area (Å²) in [7, 11) is 0. The Morgan fingerprint density at radius 2 is 2.10 bits per heavy atom. The lowest BCUT2D eigenvalue weighted by atomic mass is 9.98. The summed E-state index contributed by atoms with van der Waals surface area (Å²) in [5.74, 6) is 0.566. The molecule has 21 heavy (non-hydrogen) atoms. The molecule has 1 aromatic heterocycles. The minimum absolute atomic E-state index is 0.566. The lowest BCUT2D eigenvalue weighted by Crippen LogP contribution is -2.14. The molecule has 1 aliphatic rings. The average molecular weight is 320 g/mol. The highest BCUT2D eigenvalue weighted by atomic mass is 32.2. The van der Waals surface area contributed by atoms with E-state index in [2.05, 4.69) is 42.1 Å². The monoisotopic (exact) mass is 320 g/mol. The van der Waals surface area contributed by atoms with E-state index < -0.39 is 0 Å². The van der Waals surface area contributed by atoms with Crippen molar-refractivity contribution in [1.29, 1.82) is 0 Å². The fourth-order valence-corrected chi connectivity index (χ4v) is 4.10. The van der Waals surface area contributed by atoms with Crippen LogP contribution in [0.1, 0.15) is 35.6 Å². The van der Waals surface area contributed by atoms with Crippen molar-refractivity contribution < 1.29 is 4.74 Å². The van der Waals surface area contributed by atoms with Crippen molar-refractivity contribution in [2.75, 3.05) is 17.9 Å². The summed E-state index contributed by atoms with van der Waals surface area (Å²) < 4.78 is 8.79. The Hall–Kier alpha value is -1.04. The van der Waals surface area contributed by atoms with Gasteiger partial charge in [-0.25, -0.2) is 4.98 Å². The number of aromatic nitrogens is 1. The van der Waals surface area contributed by atoms with E-state index in [0.29, 0.717) is 5.92 Å². The zero-order valence-electron chi connectivity index (χ0n) is 12.4. The van der Waals surface area contributed by atoms with Crippen LogP contribution < -0.4 is 4.72 Å². The topological polar surface area (TPSA) is 34.2 Å². The van der Waals surface area contributed by atoms with Crippen LogP contribution in [0.25, 0.3) is 0 Å². The molecule has 3 nitrogen and oxygen atoms in total. The second-order valence-corrected chi connectivity index (χ2v) is 7.07. The number of thiazole rings is 1. The summed E-state index contributed by atoms with van der Waals surface area (Å²) in [4.78, 5) is 5.99. The van der Waals surface area contributed by atoms with Crippen LogP contribution in [0.3, 0.4) is 0 Å². The van der Waals surface area contributed by atoms with E-state index in [4.69, 9.17) is 9.72 Å². The molecule has 1 aromatic carbocycles. The third-order valence-electron chi connectivity index (χ3n) is 3.96. The first-order chi connectivity index (χ1) is 10.2. The number of hydrogen-bond donors (Lipinski definition) is 1. The predicted molar refractivity (Wildman–Crippen MR) is 90.3 cm³/mol. The number of benzene rings is 1. The fourth-order valence-electron chi connectivity index (χ4n) is 2.45. The van der Waals surface area contributed by atoms with Gasteiger partial charge in [0.05, 0.1) is 5.69 Å². The van der Waals surface area contributed by atoms with Crippen LogP contribution in [0.5, 0.6) is 0 Å². The maximum atomic E-state index is 5.41. The normalized spacial score (nSPS) is 16.1. The van der Waals surface area contributed by atoms with E-state index in [-0.39, 0.29) is 0 Å². The second-order valence-electron chi connectivity index (χ2n) is 5.37. The van der Waals surface area contributed by atoms with Gasteiger partial charge in [-0.3, -0.25) is 0 Å².